The minimum atomic E-state index is -0.799. The Morgan fingerprint density at radius 1 is 1.22 bits per heavy atom. The van der Waals surface area contributed by atoms with Gasteiger partial charge in [0, 0.05) is 31.7 Å². The number of nitrogens with zero attached hydrogens (tertiary/aromatic N) is 2. The fraction of sp³-hybridized carbons (Fsp3) is 0.474. The molecule has 8 heteroatoms. The van der Waals surface area contributed by atoms with E-state index < -0.39 is 12.1 Å². The van der Waals surface area contributed by atoms with Gasteiger partial charge in [0.25, 0.3) is 5.91 Å². The van der Waals surface area contributed by atoms with Crippen LogP contribution in [0.15, 0.2) is 24.3 Å². The molecule has 2 aliphatic heterocycles. The first-order chi connectivity index (χ1) is 13.0. The third-order valence-electron chi connectivity index (χ3n) is 4.75. The molecule has 1 aromatic carbocycles. The maximum absolute atomic E-state index is 12.1. The van der Waals surface area contributed by atoms with Crippen molar-refractivity contribution in [3.8, 4) is 0 Å². The standard InChI is InChI=1S/C19H24N4O4/c1-2-9-23-18(26)15(21-19(23)27)11-16(24)20-12-13-5-7-14(8-6-13)22-10-3-4-17(22)25/h5-8,15H,2-4,9-12H2,1H3,(H,20,24)(H,21,27)/t15-/m0/s1. The molecule has 2 heterocycles. The Balaban J connectivity index is 1.49. The largest absolute Gasteiger partial charge is 0.352 e. The van der Waals surface area contributed by atoms with E-state index in [-0.39, 0.29) is 24.1 Å². The van der Waals surface area contributed by atoms with Crippen molar-refractivity contribution in [3.05, 3.63) is 29.8 Å². The molecule has 8 nitrogen and oxygen atoms in total. The Labute approximate surface area is 157 Å². The van der Waals surface area contributed by atoms with Crippen LogP contribution in [0.2, 0.25) is 0 Å². The van der Waals surface area contributed by atoms with Crippen molar-refractivity contribution < 1.29 is 19.2 Å². The summed E-state index contributed by atoms with van der Waals surface area (Å²) in [5.74, 6) is -0.515. The summed E-state index contributed by atoms with van der Waals surface area (Å²) in [6.07, 6.45) is 2.06. The quantitative estimate of drug-likeness (QED) is 0.702. The SMILES string of the molecule is CCCN1C(=O)N[C@@H](CC(=O)NCc2ccc(N3CCCC3=O)cc2)C1=O. The lowest BCUT2D eigenvalue weighted by Gasteiger charge is -2.16. The van der Waals surface area contributed by atoms with E-state index in [1.165, 1.54) is 0 Å². The predicted molar refractivity (Wildman–Crippen MR) is 98.8 cm³/mol. The molecule has 2 fully saturated rings. The number of anilines is 1. The molecule has 2 saturated heterocycles. The van der Waals surface area contributed by atoms with Crippen LogP contribution in [0, 0.1) is 0 Å². The Kier molecular flexibility index (Phi) is 5.73. The minimum Gasteiger partial charge on any atom is -0.352 e. The first-order valence-electron chi connectivity index (χ1n) is 9.27. The second-order valence-electron chi connectivity index (χ2n) is 6.79. The highest BCUT2D eigenvalue weighted by molar-refractivity contribution is 6.05. The predicted octanol–water partition coefficient (Wildman–Crippen LogP) is 1.15. The minimum absolute atomic E-state index is 0.0782. The van der Waals surface area contributed by atoms with Crippen molar-refractivity contribution in [1.82, 2.24) is 15.5 Å². The molecular weight excluding hydrogens is 348 g/mol. The zero-order valence-corrected chi connectivity index (χ0v) is 15.4. The number of carbonyl (C=O) groups excluding carboxylic acids is 4. The summed E-state index contributed by atoms with van der Waals surface area (Å²) in [5.41, 5.74) is 1.76. The zero-order chi connectivity index (χ0) is 19.4. The number of carbonyl (C=O) groups is 4. The summed E-state index contributed by atoms with van der Waals surface area (Å²) in [7, 11) is 0. The maximum atomic E-state index is 12.1. The summed E-state index contributed by atoms with van der Waals surface area (Å²) in [6, 6.07) is 6.24. The van der Waals surface area contributed by atoms with E-state index in [9.17, 15) is 19.2 Å². The van der Waals surface area contributed by atoms with E-state index in [4.69, 9.17) is 0 Å². The van der Waals surface area contributed by atoms with Crippen molar-refractivity contribution in [2.75, 3.05) is 18.0 Å². The summed E-state index contributed by atoms with van der Waals surface area (Å²) < 4.78 is 0. The van der Waals surface area contributed by atoms with Crippen LogP contribution in [0.25, 0.3) is 0 Å². The molecule has 0 spiro atoms. The van der Waals surface area contributed by atoms with Crippen molar-refractivity contribution in [3.63, 3.8) is 0 Å². The van der Waals surface area contributed by atoms with Gasteiger partial charge in [-0.1, -0.05) is 19.1 Å². The molecule has 144 valence electrons. The Morgan fingerprint density at radius 2 is 1.96 bits per heavy atom. The van der Waals surface area contributed by atoms with E-state index >= 15 is 0 Å². The molecule has 27 heavy (non-hydrogen) atoms. The van der Waals surface area contributed by atoms with Gasteiger partial charge >= 0.3 is 6.03 Å². The number of amides is 5. The monoisotopic (exact) mass is 372 g/mol. The number of benzene rings is 1. The molecule has 1 aromatic rings. The first kappa shape index (κ1) is 18.9. The van der Waals surface area contributed by atoms with Crippen molar-refractivity contribution in [2.24, 2.45) is 0 Å². The molecule has 2 N–H and O–H groups in total. The topological polar surface area (TPSA) is 98.8 Å². The summed E-state index contributed by atoms with van der Waals surface area (Å²) in [4.78, 5) is 50.7. The van der Waals surface area contributed by atoms with E-state index in [1.54, 1.807) is 4.90 Å². The zero-order valence-electron chi connectivity index (χ0n) is 15.4. The molecule has 5 amide bonds. The highest BCUT2D eigenvalue weighted by atomic mass is 16.2. The van der Waals surface area contributed by atoms with Gasteiger partial charge in [-0.15, -0.1) is 0 Å². The second-order valence-corrected chi connectivity index (χ2v) is 6.79. The number of imide groups is 1. The van der Waals surface area contributed by atoms with Crippen LogP contribution in [0.1, 0.15) is 38.2 Å². The van der Waals surface area contributed by atoms with Gasteiger partial charge in [-0.2, -0.15) is 0 Å². The van der Waals surface area contributed by atoms with Gasteiger partial charge in [-0.3, -0.25) is 19.3 Å². The molecule has 0 aromatic heterocycles. The van der Waals surface area contributed by atoms with Crippen LogP contribution in [-0.2, 0) is 20.9 Å². The highest BCUT2D eigenvalue weighted by Crippen LogP contribution is 2.21. The van der Waals surface area contributed by atoms with Crippen molar-refractivity contribution >= 4 is 29.4 Å². The molecule has 0 unspecified atom stereocenters. The number of urea groups is 1. The van der Waals surface area contributed by atoms with Crippen LogP contribution in [0.4, 0.5) is 10.5 Å². The van der Waals surface area contributed by atoms with Crippen LogP contribution in [-0.4, -0.2) is 47.8 Å². The molecule has 3 rings (SSSR count). The lowest BCUT2D eigenvalue weighted by Crippen LogP contribution is -2.36. The molecule has 0 bridgehead atoms. The van der Waals surface area contributed by atoms with E-state index in [2.05, 4.69) is 10.6 Å². The summed E-state index contributed by atoms with van der Waals surface area (Å²) >= 11 is 0. The molecule has 2 aliphatic rings. The number of nitrogens with one attached hydrogen (secondary N) is 2. The first-order valence-corrected chi connectivity index (χ1v) is 9.27. The van der Waals surface area contributed by atoms with Crippen molar-refractivity contribution in [1.29, 1.82) is 0 Å². The fourth-order valence-corrected chi connectivity index (χ4v) is 3.32. The van der Waals surface area contributed by atoms with Gasteiger partial charge in [0.15, 0.2) is 0 Å². The van der Waals surface area contributed by atoms with Gasteiger partial charge in [0.2, 0.25) is 11.8 Å². The molecule has 0 aliphatic carbocycles. The Bertz CT molecular complexity index is 747. The lowest BCUT2D eigenvalue weighted by atomic mass is 10.1. The average Bonchev–Trinajstić information content (AvgIpc) is 3.19. The van der Waals surface area contributed by atoms with Gasteiger partial charge in [-0.25, -0.2) is 4.79 Å². The molecular formula is C19H24N4O4. The van der Waals surface area contributed by atoms with Gasteiger partial charge in [-0.05, 0) is 30.5 Å². The van der Waals surface area contributed by atoms with Crippen LogP contribution in [0.5, 0.6) is 0 Å². The van der Waals surface area contributed by atoms with Gasteiger partial charge in [0.1, 0.15) is 6.04 Å². The number of hydrogen-bond acceptors (Lipinski definition) is 4. The smallest absolute Gasteiger partial charge is 0.324 e. The summed E-state index contributed by atoms with van der Waals surface area (Å²) in [5, 5.41) is 5.31. The Morgan fingerprint density at radius 3 is 2.59 bits per heavy atom. The average molecular weight is 372 g/mol. The molecule has 0 saturated carbocycles. The second kappa shape index (κ2) is 8.20. The number of rotatable bonds is 7. The van der Waals surface area contributed by atoms with Gasteiger partial charge in [0.05, 0.1) is 6.42 Å². The van der Waals surface area contributed by atoms with Crippen molar-refractivity contribution in [2.45, 2.75) is 45.2 Å². The van der Waals surface area contributed by atoms with Crippen LogP contribution < -0.4 is 15.5 Å². The lowest BCUT2D eigenvalue weighted by molar-refractivity contribution is -0.130. The number of hydrogen-bond donors (Lipinski definition) is 2. The Hall–Kier alpha value is -2.90. The summed E-state index contributed by atoms with van der Waals surface area (Å²) in [6.45, 7) is 3.30. The van der Waals surface area contributed by atoms with Gasteiger partial charge < -0.3 is 15.5 Å². The fourth-order valence-electron chi connectivity index (χ4n) is 3.32. The maximum Gasteiger partial charge on any atom is 0.324 e. The van der Waals surface area contributed by atoms with E-state index in [1.807, 2.05) is 31.2 Å². The normalized spacial score (nSPS) is 19.6. The third kappa shape index (κ3) is 4.27. The van der Waals surface area contributed by atoms with E-state index in [0.717, 1.165) is 29.1 Å². The molecule has 1 atom stereocenters. The highest BCUT2D eigenvalue weighted by Gasteiger charge is 2.38. The van der Waals surface area contributed by atoms with Crippen LogP contribution >= 0.6 is 0 Å². The van der Waals surface area contributed by atoms with E-state index in [0.29, 0.717) is 25.9 Å². The molecule has 0 radical (unpaired) electrons. The third-order valence-corrected chi connectivity index (χ3v) is 4.75. The van der Waals surface area contributed by atoms with Crippen LogP contribution in [0.3, 0.4) is 0 Å².